The summed E-state index contributed by atoms with van der Waals surface area (Å²) in [4.78, 5) is 14.4. The lowest BCUT2D eigenvalue weighted by atomic mass is 10.1. The first-order valence-corrected chi connectivity index (χ1v) is 6.90. The van der Waals surface area contributed by atoms with E-state index in [9.17, 15) is 4.79 Å². The first-order chi connectivity index (χ1) is 9.54. The van der Waals surface area contributed by atoms with Crippen LogP contribution in [-0.4, -0.2) is 12.5 Å². The van der Waals surface area contributed by atoms with Gasteiger partial charge in [-0.15, -0.1) is 0 Å². The fraction of sp³-hybridized carbons (Fsp3) is 0.188. The highest BCUT2D eigenvalue weighted by Crippen LogP contribution is 2.31. The molecule has 0 unspecified atom stereocenters. The van der Waals surface area contributed by atoms with E-state index >= 15 is 0 Å². The van der Waals surface area contributed by atoms with Crippen LogP contribution in [0.15, 0.2) is 36.4 Å². The number of rotatable bonds is 1. The molecule has 4 heteroatoms. The van der Waals surface area contributed by atoms with Crippen LogP contribution in [0, 0.1) is 6.92 Å². The molecular formula is C16H15ClN2O. The predicted octanol–water partition coefficient (Wildman–Crippen LogP) is 3.43. The van der Waals surface area contributed by atoms with Crippen LogP contribution < -0.4 is 10.6 Å². The van der Waals surface area contributed by atoms with E-state index in [1.807, 2.05) is 37.3 Å². The van der Waals surface area contributed by atoms with Crippen molar-refractivity contribution in [3.63, 3.8) is 0 Å². The van der Waals surface area contributed by atoms with Gasteiger partial charge >= 0.3 is 0 Å². The Morgan fingerprint density at radius 1 is 1.25 bits per heavy atom. The van der Waals surface area contributed by atoms with Crippen LogP contribution in [0.4, 0.5) is 11.4 Å². The number of nitrogens with two attached hydrogens (primary N) is 1. The molecule has 2 N–H and O–H groups in total. The van der Waals surface area contributed by atoms with E-state index < -0.39 is 0 Å². The Hall–Kier alpha value is -2.00. The molecule has 0 atom stereocenters. The summed E-state index contributed by atoms with van der Waals surface area (Å²) in [6.07, 6.45) is 0.862. The molecule has 2 aromatic rings. The summed E-state index contributed by atoms with van der Waals surface area (Å²) in [6.45, 7) is 2.61. The fourth-order valence-electron chi connectivity index (χ4n) is 2.62. The summed E-state index contributed by atoms with van der Waals surface area (Å²) in [6, 6.07) is 11.1. The Kier molecular flexibility index (Phi) is 3.14. The Labute approximate surface area is 123 Å². The lowest BCUT2D eigenvalue weighted by Crippen LogP contribution is -2.29. The summed E-state index contributed by atoms with van der Waals surface area (Å²) < 4.78 is 0. The second-order valence-corrected chi connectivity index (χ2v) is 5.55. The van der Waals surface area contributed by atoms with Gasteiger partial charge in [-0.05, 0) is 54.8 Å². The summed E-state index contributed by atoms with van der Waals surface area (Å²) in [7, 11) is 0. The van der Waals surface area contributed by atoms with E-state index in [0.717, 1.165) is 23.2 Å². The minimum atomic E-state index is -0.0278. The number of nitrogens with zero attached hydrogens (tertiary/aromatic N) is 1. The van der Waals surface area contributed by atoms with E-state index in [0.29, 0.717) is 22.8 Å². The number of carbonyl (C=O) groups excluding carboxylic acids is 1. The van der Waals surface area contributed by atoms with Crippen molar-refractivity contribution in [1.82, 2.24) is 0 Å². The SMILES string of the molecule is Cc1cc(Cl)cc(C(=O)N2CCc3ccc(N)cc32)c1. The van der Waals surface area contributed by atoms with Crippen molar-refractivity contribution in [2.75, 3.05) is 17.2 Å². The molecule has 1 aliphatic heterocycles. The zero-order valence-corrected chi connectivity index (χ0v) is 11.9. The van der Waals surface area contributed by atoms with Gasteiger partial charge in [0.15, 0.2) is 0 Å². The number of nitrogen functional groups attached to an aromatic ring is 1. The molecule has 1 heterocycles. The quantitative estimate of drug-likeness (QED) is 0.816. The van der Waals surface area contributed by atoms with E-state index in [2.05, 4.69) is 0 Å². The van der Waals surface area contributed by atoms with Gasteiger partial charge in [-0.25, -0.2) is 0 Å². The Balaban J connectivity index is 1.99. The third-order valence-corrected chi connectivity index (χ3v) is 3.76. The zero-order valence-electron chi connectivity index (χ0n) is 11.2. The van der Waals surface area contributed by atoms with Gasteiger partial charge in [-0.1, -0.05) is 17.7 Å². The van der Waals surface area contributed by atoms with Crippen molar-refractivity contribution in [2.45, 2.75) is 13.3 Å². The second-order valence-electron chi connectivity index (χ2n) is 5.11. The van der Waals surface area contributed by atoms with Crippen LogP contribution in [0.3, 0.4) is 0 Å². The van der Waals surface area contributed by atoms with Crippen LogP contribution >= 0.6 is 11.6 Å². The molecule has 0 aromatic heterocycles. The first-order valence-electron chi connectivity index (χ1n) is 6.52. The molecule has 0 aliphatic carbocycles. The van der Waals surface area contributed by atoms with Crippen LogP contribution in [-0.2, 0) is 6.42 Å². The monoisotopic (exact) mass is 286 g/mol. The highest BCUT2D eigenvalue weighted by molar-refractivity contribution is 6.31. The van der Waals surface area contributed by atoms with Crippen molar-refractivity contribution in [3.05, 3.63) is 58.1 Å². The number of fused-ring (bicyclic) bond motifs is 1. The Morgan fingerprint density at radius 2 is 2.05 bits per heavy atom. The molecule has 2 aromatic carbocycles. The van der Waals surface area contributed by atoms with Crippen molar-refractivity contribution in [1.29, 1.82) is 0 Å². The number of hydrogen-bond donors (Lipinski definition) is 1. The van der Waals surface area contributed by atoms with Crippen LogP contribution in [0.2, 0.25) is 5.02 Å². The maximum absolute atomic E-state index is 12.7. The average Bonchev–Trinajstić information content (AvgIpc) is 2.79. The predicted molar refractivity (Wildman–Crippen MR) is 82.4 cm³/mol. The number of benzene rings is 2. The van der Waals surface area contributed by atoms with Gasteiger partial charge in [-0.2, -0.15) is 0 Å². The lowest BCUT2D eigenvalue weighted by molar-refractivity contribution is 0.0989. The summed E-state index contributed by atoms with van der Waals surface area (Å²) in [5.41, 5.74) is 10.2. The fourth-order valence-corrected chi connectivity index (χ4v) is 2.91. The third kappa shape index (κ3) is 2.25. The van der Waals surface area contributed by atoms with E-state index in [1.54, 1.807) is 11.0 Å². The highest BCUT2D eigenvalue weighted by Gasteiger charge is 2.25. The molecule has 0 saturated carbocycles. The normalized spacial score (nSPS) is 13.4. The van der Waals surface area contributed by atoms with Crippen LogP contribution in [0.25, 0.3) is 0 Å². The van der Waals surface area contributed by atoms with Gasteiger partial charge < -0.3 is 10.6 Å². The molecule has 0 spiro atoms. The number of halogens is 1. The van der Waals surface area contributed by atoms with Crippen molar-refractivity contribution >= 4 is 28.9 Å². The maximum Gasteiger partial charge on any atom is 0.258 e. The van der Waals surface area contributed by atoms with Gasteiger partial charge in [-0.3, -0.25) is 4.79 Å². The molecule has 0 fully saturated rings. The molecule has 0 bridgehead atoms. The number of anilines is 2. The summed E-state index contributed by atoms with van der Waals surface area (Å²) >= 11 is 6.04. The van der Waals surface area contributed by atoms with Crippen molar-refractivity contribution in [2.24, 2.45) is 0 Å². The van der Waals surface area contributed by atoms with Gasteiger partial charge in [0.2, 0.25) is 0 Å². The molecule has 20 heavy (non-hydrogen) atoms. The minimum Gasteiger partial charge on any atom is -0.399 e. The molecule has 102 valence electrons. The lowest BCUT2D eigenvalue weighted by Gasteiger charge is -2.18. The molecule has 1 amide bonds. The molecule has 3 rings (SSSR count). The smallest absolute Gasteiger partial charge is 0.258 e. The van der Waals surface area contributed by atoms with Gasteiger partial charge in [0, 0.05) is 28.5 Å². The van der Waals surface area contributed by atoms with E-state index in [1.165, 1.54) is 0 Å². The Morgan fingerprint density at radius 3 is 2.80 bits per heavy atom. The molecule has 0 radical (unpaired) electrons. The molecular weight excluding hydrogens is 272 g/mol. The number of carbonyl (C=O) groups is 1. The van der Waals surface area contributed by atoms with Crippen molar-refractivity contribution < 1.29 is 4.79 Å². The van der Waals surface area contributed by atoms with Gasteiger partial charge in [0.1, 0.15) is 0 Å². The largest absolute Gasteiger partial charge is 0.399 e. The van der Waals surface area contributed by atoms with Crippen LogP contribution in [0.5, 0.6) is 0 Å². The first kappa shape index (κ1) is 13.0. The standard InChI is InChI=1S/C16H15ClN2O/c1-10-6-12(8-13(17)7-10)16(20)19-5-4-11-2-3-14(18)9-15(11)19/h2-3,6-9H,4-5,18H2,1H3. The number of hydrogen-bond acceptors (Lipinski definition) is 2. The Bertz CT molecular complexity index is 677. The van der Waals surface area contributed by atoms with E-state index in [4.69, 9.17) is 17.3 Å². The zero-order chi connectivity index (χ0) is 14.3. The van der Waals surface area contributed by atoms with Crippen LogP contribution in [0.1, 0.15) is 21.5 Å². The third-order valence-electron chi connectivity index (χ3n) is 3.54. The van der Waals surface area contributed by atoms with E-state index in [-0.39, 0.29) is 5.91 Å². The average molecular weight is 287 g/mol. The maximum atomic E-state index is 12.7. The highest BCUT2D eigenvalue weighted by atomic mass is 35.5. The van der Waals surface area contributed by atoms with Gasteiger partial charge in [0.05, 0.1) is 0 Å². The van der Waals surface area contributed by atoms with Gasteiger partial charge in [0.25, 0.3) is 5.91 Å². The van der Waals surface area contributed by atoms with Crippen molar-refractivity contribution in [3.8, 4) is 0 Å². The number of amides is 1. The number of aryl methyl sites for hydroxylation is 1. The molecule has 0 saturated heterocycles. The summed E-state index contributed by atoms with van der Waals surface area (Å²) in [5, 5.41) is 0.584. The topological polar surface area (TPSA) is 46.3 Å². The summed E-state index contributed by atoms with van der Waals surface area (Å²) in [5.74, 6) is -0.0278. The molecule has 1 aliphatic rings. The molecule has 3 nitrogen and oxygen atoms in total. The second kappa shape index (κ2) is 4.84. The minimum absolute atomic E-state index is 0.0278.